The largest absolute Gasteiger partial charge is 0.228 e. The van der Waals surface area contributed by atoms with Gasteiger partial charge in [0.25, 0.3) is 0 Å². The first kappa shape index (κ1) is 14.3. The van der Waals surface area contributed by atoms with Crippen LogP contribution in [0.3, 0.4) is 0 Å². The molecule has 1 saturated heterocycles. The van der Waals surface area contributed by atoms with E-state index in [2.05, 4.69) is 6.07 Å². The lowest BCUT2D eigenvalue weighted by molar-refractivity contribution is 0.518. The Morgan fingerprint density at radius 3 is 2.43 bits per heavy atom. The highest BCUT2D eigenvalue weighted by Gasteiger charge is 2.40. The Morgan fingerprint density at radius 1 is 1.19 bits per heavy atom. The van der Waals surface area contributed by atoms with E-state index in [4.69, 9.17) is 5.26 Å². The van der Waals surface area contributed by atoms with Crippen molar-refractivity contribution in [1.82, 2.24) is 0 Å². The Bertz CT molecular complexity index is 745. The summed E-state index contributed by atoms with van der Waals surface area (Å²) in [5.41, 5.74) is 5.09. The minimum Gasteiger partial charge on any atom is -0.228 e. The fraction of sp³-hybridized carbons (Fsp3) is 0.471. The van der Waals surface area contributed by atoms with Gasteiger partial charge >= 0.3 is 0 Å². The van der Waals surface area contributed by atoms with Gasteiger partial charge in [0.05, 0.1) is 22.1 Å². The van der Waals surface area contributed by atoms with Crippen LogP contribution in [0.4, 0.5) is 0 Å². The van der Waals surface area contributed by atoms with Gasteiger partial charge in [-0.3, -0.25) is 0 Å². The first-order chi connectivity index (χ1) is 9.93. The van der Waals surface area contributed by atoms with Crippen molar-refractivity contribution in [3.63, 3.8) is 0 Å². The second-order valence-electron chi connectivity index (χ2n) is 6.17. The number of fused-ring (bicyclic) bond motifs is 2. The van der Waals surface area contributed by atoms with Crippen LogP contribution in [0.2, 0.25) is 0 Å². The number of benzene rings is 1. The molecular weight excluding hydrogens is 282 g/mol. The summed E-state index contributed by atoms with van der Waals surface area (Å²) in [6.07, 6.45) is 5.11. The monoisotopic (exact) mass is 301 g/mol. The molecule has 0 radical (unpaired) electrons. The van der Waals surface area contributed by atoms with Gasteiger partial charge < -0.3 is 0 Å². The van der Waals surface area contributed by atoms with E-state index in [0.29, 0.717) is 12.0 Å². The van der Waals surface area contributed by atoms with E-state index >= 15 is 0 Å². The number of aryl methyl sites for hydroxylation is 2. The zero-order valence-corrected chi connectivity index (χ0v) is 13.2. The van der Waals surface area contributed by atoms with Crippen molar-refractivity contribution in [2.24, 2.45) is 0 Å². The molecule has 2 heterocycles. The van der Waals surface area contributed by atoms with Crippen LogP contribution < -0.4 is 0 Å². The molecule has 110 valence electrons. The minimum atomic E-state index is -2.97. The number of hydrogen-bond acceptors (Lipinski definition) is 3. The van der Waals surface area contributed by atoms with Gasteiger partial charge in [0.15, 0.2) is 9.84 Å². The Balaban J connectivity index is 2.11. The third-order valence-electron chi connectivity index (χ3n) is 4.72. The van der Waals surface area contributed by atoms with Gasteiger partial charge in [-0.05, 0) is 67.5 Å². The molecule has 3 rings (SSSR count). The molecule has 2 unspecified atom stereocenters. The summed E-state index contributed by atoms with van der Waals surface area (Å²) >= 11 is 0. The van der Waals surface area contributed by atoms with Crippen LogP contribution in [0.25, 0.3) is 5.57 Å². The molecule has 1 aromatic carbocycles. The molecule has 0 aliphatic carbocycles. The fourth-order valence-electron chi connectivity index (χ4n) is 3.78. The molecule has 2 aliphatic heterocycles. The maximum absolute atomic E-state index is 12.4. The number of allylic oxidation sites excluding steroid dienone is 1. The highest BCUT2D eigenvalue weighted by Crippen LogP contribution is 2.40. The second-order valence-corrected chi connectivity index (χ2v) is 8.62. The Morgan fingerprint density at radius 2 is 1.86 bits per heavy atom. The van der Waals surface area contributed by atoms with Gasteiger partial charge in [-0.1, -0.05) is 12.5 Å². The number of sulfone groups is 1. The standard InChI is InChI=1S/C17H19NO2S/c1-11-6-13(10-18)7-12(2)17(11)14-8-15-4-3-5-16(9-14)21(15,19)20/h6-8,15-16H,3-5,9H2,1-2H3. The van der Waals surface area contributed by atoms with Crippen molar-refractivity contribution < 1.29 is 8.42 Å². The van der Waals surface area contributed by atoms with E-state index < -0.39 is 9.84 Å². The molecule has 0 N–H and O–H groups in total. The quantitative estimate of drug-likeness (QED) is 0.799. The molecule has 3 nitrogen and oxygen atoms in total. The molecular formula is C17H19NO2S. The molecule has 0 saturated carbocycles. The summed E-state index contributed by atoms with van der Waals surface area (Å²) < 4.78 is 24.7. The van der Waals surface area contributed by atoms with Crippen molar-refractivity contribution in [2.45, 2.75) is 50.0 Å². The number of rotatable bonds is 1. The van der Waals surface area contributed by atoms with Gasteiger partial charge in [-0.2, -0.15) is 5.26 Å². The molecule has 2 atom stereocenters. The molecule has 21 heavy (non-hydrogen) atoms. The Hall–Kier alpha value is -1.60. The lowest BCUT2D eigenvalue weighted by atomic mass is 9.87. The molecule has 1 fully saturated rings. The maximum Gasteiger partial charge on any atom is 0.159 e. The van der Waals surface area contributed by atoms with E-state index in [-0.39, 0.29) is 10.5 Å². The third-order valence-corrected chi connectivity index (χ3v) is 7.27. The van der Waals surface area contributed by atoms with E-state index in [1.54, 1.807) is 0 Å². The zero-order chi connectivity index (χ0) is 15.2. The first-order valence-corrected chi connectivity index (χ1v) is 8.99. The number of hydrogen-bond donors (Lipinski definition) is 0. The summed E-state index contributed by atoms with van der Waals surface area (Å²) in [6, 6.07) is 5.96. The van der Waals surface area contributed by atoms with Crippen LogP contribution in [0, 0.1) is 25.2 Å². The lowest BCUT2D eigenvalue weighted by Gasteiger charge is -2.34. The molecule has 0 spiro atoms. The predicted octanol–water partition coefficient (Wildman–Crippen LogP) is 3.30. The van der Waals surface area contributed by atoms with E-state index in [9.17, 15) is 8.42 Å². The van der Waals surface area contributed by atoms with Crippen LogP contribution in [-0.4, -0.2) is 18.9 Å². The molecule has 0 aromatic heterocycles. The van der Waals surface area contributed by atoms with Gasteiger partial charge in [0.2, 0.25) is 0 Å². The summed E-state index contributed by atoms with van der Waals surface area (Å²) in [7, 11) is -2.97. The van der Waals surface area contributed by atoms with E-state index in [1.807, 2.05) is 32.1 Å². The van der Waals surface area contributed by atoms with Crippen molar-refractivity contribution in [2.75, 3.05) is 0 Å². The smallest absolute Gasteiger partial charge is 0.159 e. The average Bonchev–Trinajstić information content (AvgIpc) is 2.38. The van der Waals surface area contributed by atoms with Gasteiger partial charge in [0, 0.05) is 0 Å². The Labute approximate surface area is 126 Å². The van der Waals surface area contributed by atoms with E-state index in [1.165, 1.54) is 0 Å². The summed E-state index contributed by atoms with van der Waals surface area (Å²) in [6.45, 7) is 4.01. The normalized spacial score (nSPS) is 26.8. The first-order valence-electron chi connectivity index (χ1n) is 7.38. The summed E-state index contributed by atoms with van der Waals surface area (Å²) in [4.78, 5) is 0. The van der Waals surface area contributed by atoms with Crippen LogP contribution in [-0.2, 0) is 9.84 Å². The summed E-state index contributed by atoms with van der Waals surface area (Å²) in [5, 5.41) is 8.52. The fourth-order valence-corrected chi connectivity index (χ4v) is 6.03. The van der Waals surface area contributed by atoms with E-state index in [0.717, 1.165) is 41.5 Å². The number of nitrogens with zero attached hydrogens (tertiary/aromatic N) is 1. The van der Waals surface area contributed by atoms with Gasteiger partial charge in [0.1, 0.15) is 0 Å². The molecule has 0 amide bonds. The maximum atomic E-state index is 12.4. The molecule has 4 heteroatoms. The zero-order valence-electron chi connectivity index (χ0n) is 12.4. The highest BCUT2D eigenvalue weighted by atomic mass is 32.2. The Kier molecular flexibility index (Phi) is 3.41. The molecule has 2 bridgehead atoms. The van der Waals surface area contributed by atoms with Crippen LogP contribution in [0.15, 0.2) is 18.2 Å². The SMILES string of the molecule is Cc1cc(C#N)cc(C)c1C1=CC2CCCC(C1)S2(=O)=O. The third kappa shape index (κ3) is 2.30. The topological polar surface area (TPSA) is 57.9 Å². The molecule has 2 aliphatic rings. The van der Waals surface area contributed by atoms with Gasteiger partial charge in [-0.25, -0.2) is 8.42 Å². The second kappa shape index (κ2) is 4.99. The lowest BCUT2D eigenvalue weighted by Crippen LogP contribution is -2.38. The summed E-state index contributed by atoms with van der Waals surface area (Å²) in [5.74, 6) is 0. The van der Waals surface area contributed by atoms with Gasteiger partial charge in [-0.15, -0.1) is 0 Å². The van der Waals surface area contributed by atoms with Crippen molar-refractivity contribution in [1.29, 1.82) is 5.26 Å². The van der Waals surface area contributed by atoms with Crippen LogP contribution in [0.1, 0.15) is 47.9 Å². The number of nitriles is 1. The highest BCUT2D eigenvalue weighted by molar-refractivity contribution is 7.93. The van der Waals surface area contributed by atoms with Crippen LogP contribution >= 0.6 is 0 Å². The van der Waals surface area contributed by atoms with Crippen molar-refractivity contribution >= 4 is 15.4 Å². The average molecular weight is 301 g/mol. The van der Waals surface area contributed by atoms with Crippen molar-refractivity contribution in [3.05, 3.63) is 40.5 Å². The van der Waals surface area contributed by atoms with Crippen LogP contribution in [0.5, 0.6) is 0 Å². The van der Waals surface area contributed by atoms with Crippen molar-refractivity contribution in [3.8, 4) is 6.07 Å². The minimum absolute atomic E-state index is 0.217. The predicted molar refractivity (Wildman–Crippen MR) is 83.6 cm³/mol. The molecule has 1 aromatic rings.